The highest BCUT2D eigenvalue weighted by molar-refractivity contribution is 7.45. The Morgan fingerprint density at radius 3 is 1.78 bits per heavy atom. The van der Waals surface area contributed by atoms with Crippen molar-refractivity contribution in [3.63, 3.8) is 0 Å². The van der Waals surface area contributed by atoms with Gasteiger partial charge in [0.15, 0.2) is 0 Å². The Balaban J connectivity index is 3.69. The van der Waals surface area contributed by atoms with E-state index in [2.05, 4.69) is 34.2 Å². The van der Waals surface area contributed by atoms with Crippen LogP contribution in [-0.4, -0.2) is 11.2 Å². The van der Waals surface area contributed by atoms with Gasteiger partial charge in [-0.3, -0.25) is 4.57 Å². The molecule has 0 saturated heterocycles. The zero-order valence-corrected chi connectivity index (χ0v) is 12.0. The maximum Gasteiger partial charge on any atom is 0.302 e. The highest BCUT2D eigenvalue weighted by Crippen LogP contribution is 2.43. The molecule has 110 valence electrons. The number of rotatable bonds is 7. The normalized spacial score (nSPS) is 16.6. The summed E-state index contributed by atoms with van der Waals surface area (Å²) in [6.45, 7) is 9.57. The number of phosphoric ester groups is 1. The zero-order chi connectivity index (χ0) is 14.4. The van der Waals surface area contributed by atoms with Crippen molar-refractivity contribution in [3.8, 4) is 0 Å². The first-order chi connectivity index (χ1) is 7.91. The van der Waals surface area contributed by atoms with Gasteiger partial charge in [-0.15, -0.1) is 4.67 Å². The first kappa shape index (κ1) is 17.9. The summed E-state index contributed by atoms with van der Waals surface area (Å²) in [6, 6.07) is 0. The summed E-state index contributed by atoms with van der Waals surface area (Å²) in [6.07, 6.45) is 0. The molecule has 0 spiro atoms. The Morgan fingerprint density at radius 2 is 1.33 bits per heavy atom. The summed E-state index contributed by atoms with van der Waals surface area (Å²) in [4.78, 5) is 15.7. The van der Waals surface area contributed by atoms with Crippen LogP contribution in [0.2, 0.25) is 0 Å². The Morgan fingerprint density at radius 1 is 0.833 bits per heavy atom. The van der Waals surface area contributed by atoms with Crippen molar-refractivity contribution < 1.29 is 43.7 Å². The van der Waals surface area contributed by atoms with Gasteiger partial charge in [-0.1, -0.05) is 0 Å². The fraction of sp³-hybridized carbons (Fsp3) is 1.00. The first-order valence-electron chi connectivity index (χ1n) is 4.97. The lowest BCUT2D eigenvalue weighted by molar-refractivity contribution is -0.754. The maximum absolute atomic E-state index is 11.1. The van der Waals surface area contributed by atoms with Gasteiger partial charge in [-0.05, 0) is 61.7 Å². The fourth-order valence-corrected chi connectivity index (χ4v) is 1.34. The maximum atomic E-state index is 11.1. The second-order valence-corrected chi connectivity index (χ2v) is 6.42. The van der Waals surface area contributed by atoms with Crippen LogP contribution in [0.15, 0.2) is 0 Å². The number of hydrogen-bond donors (Lipinski definition) is 0. The van der Waals surface area contributed by atoms with Crippen LogP contribution in [0.4, 0.5) is 0 Å². The Bertz CT molecular complexity index is 279. The van der Waals surface area contributed by atoms with E-state index in [0.717, 1.165) is 0 Å². The van der Waals surface area contributed by atoms with Crippen LogP contribution in [0.1, 0.15) is 41.5 Å². The predicted molar refractivity (Wildman–Crippen MR) is 54.7 cm³/mol. The molecule has 9 nitrogen and oxygen atoms in total. The molecule has 0 fully saturated rings. The standard InChI is InChI=1S/C8H19O9P/c1-7(2,3)11-13-14-15-16-17-18(9,10)12-8(4,5)6/h1-6H3,(H,9,10)/p-1. The van der Waals surface area contributed by atoms with Crippen LogP contribution in [0, 0.1) is 0 Å². The minimum atomic E-state index is -4.67. The average molecular weight is 289 g/mol. The molecular formula is C8H18O9P-. The van der Waals surface area contributed by atoms with Crippen molar-refractivity contribution in [2.75, 3.05) is 0 Å². The molecule has 0 bridgehead atoms. The van der Waals surface area contributed by atoms with Crippen LogP contribution in [0.5, 0.6) is 0 Å². The molecule has 0 heterocycles. The van der Waals surface area contributed by atoms with Crippen LogP contribution < -0.4 is 4.89 Å². The Labute approximate surface area is 105 Å². The van der Waals surface area contributed by atoms with E-state index in [4.69, 9.17) is 0 Å². The van der Waals surface area contributed by atoms with E-state index >= 15 is 0 Å². The molecule has 1 atom stereocenters. The molecule has 1 unspecified atom stereocenters. The van der Waals surface area contributed by atoms with Gasteiger partial charge in [0.2, 0.25) is 0 Å². The van der Waals surface area contributed by atoms with Crippen LogP contribution in [0.25, 0.3) is 0 Å². The fourth-order valence-electron chi connectivity index (χ4n) is 0.539. The lowest BCUT2D eigenvalue weighted by Crippen LogP contribution is -2.23. The molecule has 0 aliphatic carbocycles. The molecule has 10 heteroatoms. The number of phosphoric acid groups is 1. The van der Waals surface area contributed by atoms with Gasteiger partial charge in [-0.25, -0.2) is 0 Å². The Hall–Kier alpha value is -0.0900. The minimum absolute atomic E-state index is 0.645. The van der Waals surface area contributed by atoms with Gasteiger partial charge >= 0.3 is 7.82 Å². The molecule has 0 radical (unpaired) electrons. The summed E-state index contributed by atoms with van der Waals surface area (Å²) in [5, 5.41) is 15.4. The predicted octanol–water partition coefficient (Wildman–Crippen LogP) is 1.74. The molecule has 0 aliphatic heterocycles. The smallest absolute Gasteiger partial charge is 0.302 e. The van der Waals surface area contributed by atoms with Gasteiger partial charge in [0, 0.05) is 0 Å². The van der Waals surface area contributed by atoms with E-state index in [-0.39, 0.29) is 0 Å². The molecule has 0 aromatic carbocycles. The van der Waals surface area contributed by atoms with Crippen molar-refractivity contribution in [1.29, 1.82) is 0 Å². The molecule has 18 heavy (non-hydrogen) atoms. The van der Waals surface area contributed by atoms with Crippen LogP contribution in [-0.2, 0) is 38.8 Å². The second-order valence-electron chi connectivity index (χ2n) is 5.19. The third kappa shape index (κ3) is 12.4. The molecule has 0 aliphatic rings. The molecule has 0 aromatic rings. The van der Waals surface area contributed by atoms with E-state index < -0.39 is 19.0 Å². The first-order valence-corrected chi connectivity index (χ1v) is 6.43. The highest BCUT2D eigenvalue weighted by atomic mass is 31.2. The third-order valence-electron chi connectivity index (χ3n) is 0.875. The van der Waals surface area contributed by atoms with Crippen molar-refractivity contribution >= 4 is 7.82 Å². The van der Waals surface area contributed by atoms with Crippen molar-refractivity contribution in [1.82, 2.24) is 0 Å². The lowest BCUT2D eigenvalue weighted by atomic mass is 10.2. The monoisotopic (exact) mass is 289 g/mol. The Kier molecular flexibility index (Phi) is 6.86. The van der Waals surface area contributed by atoms with Gasteiger partial charge < -0.3 is 9.42 Å². The van der Waals surface area contributed by atoms with E-state index in [0.29, 0.717) is 0 Å². The SMILES string of the molecule is CC(C)(C)OOOOOOP(=O)([O-])OC(C)(C)C. The topological polar surface area (TPSA) is 105 Å². The lowest BCUT2D eigenvalue weighted by Gasteiger charge is -2.28. The second kappa shape index (κ2) is 6.90. The summed E-state index contributed by atoms with van der Waals surface area (Å²) in [7, 11) is -4.67. The van der Waals surface area contributed by atoms with E-state index in [1.54, 1.807) is 20.8 Å². The summed E-state index contributed by atoms with van der Waals surface area (Å²) in [5.41, 5.74) is -1.61. The molecular weight excluding hydrogens is 271 g/mol. The van der Waals surface area contributed by atoms with E-state index in [9.17, 15) is 9.46 Å². The van der Waals surface area contributed by atoms with Crippen LogP contribution in [0.3, 0.4) is 0 Å². The van der Waals surface area contributed by atoms with Crippen molar-refractivity contribution in [2.24, 2.45) is 0 Å². The van der Waals surface area contributed by atoms with E-state index in [1.807, 2.05) is 0 Å². The summed E-state index contributed by atoms with van der Waals surface area (Å²) >= 11 is 0. The highest BCUT2D eigenvalue weighted by Gasteiger charge is 2.22. The zero-order valence-electron chi connectivity index (χ0n) is 11.1. The number of hydrogen-bond acceptors (Lipinski definition) is 9. The molecule has 0 N–H and O–H groups in total. The van der Waals surface area contributed by atoms with Crippen molar-refractivity contribution in [3.05, 3.63) is 0 Å². The molecule has 0 rings (SSSR count). The summed E-state index contributed by atoms with van der Waals surface area (Å²) < 4.78 is 19.5. The van der Waals surface area contributed by atoms with Gasteiger partial charge in [-0.2, -0.15) is 4.89 Å². The molecule has 0 saturated carbocycles. The van der Waals surface area contributed by atoms with Gasteiger partial charge in [0.1, 0.15) is 0 Å². The van der Waals surface area contributed by atoms with Crippen molar-refractivity contribution in [2.45, 2.75) is 52.7 Å². The largest absolute Gasteiger partial charge is 0.754 e. The average Bonchev–Trinajstić information content (AvgIpc) is 2.04. The third-order valence-corrected chi connectivity index (χ3v) is 1.89. The van der Waals surface area contributed by atoms with Gasteiger partial charge in [0.25, 0.3) is 0 Å². The summed E-state index contributed by atoms with van der Waals surface area (Å²) in [5.74, 6) is 0. The van der Waals surface area contributed by atoms with Crippen LogP contribution >= 0.6 is 7.82 Å². The quantitative estimate of drug-likeness (QED) is 0.300. The minimum Gasteiger partial charge on any atom is -0.754 e. The van der Waals surface area contributed by atoms with Gasteiger partial charge in [0.05, 0.1) is 11.2 Å². The van der Waals surface area contributed by atoms with E-state index in [1.165, 1.54) is 20.8 Å². The molecule has 0 amide bonds. The molecule has 0 aromatic heterocycles.